The van der Waals surface area contributed by atoms with Gasteiger partial charge in [-0.15, -0.1) is 16.6 Å². The Morgan fingerprint density at radius 2 is 1.83 bits per heavy atom. The van der Waals surface area contributed by atoms with Crippen molar-refractivity contribution in [3.05, 3.63) is 71.5 Å². The van der Waals surface area contributed by atoms with Gasteiger partial charge in [0, 0.05) is 12.5 Å². The van der Waals surface area contributed by atoms with Crippen LogP contribution in [-0.4, -0.2) is 45.2 Å². The third-order valence-corrected chi connectivity index (χ3v) is 4.50. The highest BCUT2D eigenvalue weighted by Crippen LogP contribution is 2.16. The molecular weight excluding hydrogens is 362 g/mol. The number of aromatic amines is 1. The van der Waals surface area contributed by atoms with Crippen LogP contribution in [0.4, 0.5) is 0 Å². The van der Waals surface area contributed by atoms with E-state index in [9.17, 15) is 0 Å². The second-order valence-electron chi connectivity index (χ2n) is 6.77. The number of hydrogen-bond acceptors (Lipinski definition) is 5. The third-order valence-electron chi connectivity index (χ3n) is 4.50. The van der Waals surface area contributed by atoms with E-state index in [2.05, 4.69) is 69.7 Å². The summed E-state index contributed by atoms with van der Waals surface area (Å²) in [5, 5.41) is 13.1. The first-order valence-corrected chi connectivity index (χ1v) is 9.74. The molecule has 1 atom stereocenters. The van der Waals surface area contributed by atoms with Gasteiger partial charge in [-0.25, -0.2) is 0 Å². The zero-order chi connectivity index (χ0) is 20.9. The average Bonchev–Trinajstić information content (AvgIpc) is 3.29. The second kappa shape index (κ2) is 12.3. The van der Waals surface area contributed by atoms with Gasteiger partial charge in [-0.3, -0.25) is 4.90 Å². The molecule has 3 aromatic rings. The highest BCUT2D eigenvalue weighted by molar-refractivity contribution is 5.28. The highest BCUT2D eigenvalue weighted by Gasteiger charge is 2.08. The summed E-state index contributed by atoms with van der Waals surface area (Å²) >= 11 is 0. The molecule has 0 saturated carbocycles. The molecule has 0 aliphatic heterocycles. The average molecular weight is 392 g/mol. The molecule has 0 aliphatic rings. The van der Waals surface area contributed by atoms with E-state index < -0.39 is 0 Å². The fourth-order valence-electron chi connectivity index (χ4n) is 2.59. The Kier molecular flexibility index (Phi) is 9.40. The summed E-state index contributed by atoms with van der Waals surface area (Å²) < 4.78 is 5.80. The molecule has 0 amide bonds. The van der Waals surface area contributed by atoms with Gasteiger partial charge in [-0.05, 0) is 43.7 Å². The van der Waals surface area contributed by atoms with Crippen LogP contribution in [0.1, 0.15) is 30.8 Å². The predicted octanol–water partition coefficient (Wildman–Crippen LogP) is 3.52. The van der Waals surface area contributed by atoms with Gasteiger partial charge in [0.25, 0.3) is 0 Å². The van der Waals surface area contributed by atoms with Crippen molar-refractivity contribution in [1.29, 1.82) is 0 Å². The normalized spacial score (nSPS) is 11.3. The van der Waals surface area contributed by atoms with Gasteiger partial charge in [-0.2, -0.15) is 5.21 Å². The van der Waals surface area contributed by atoms with E-state index in [1.54, 1.807) is 0 Å². The van der Waals surface area contributed by atoms with E-state index in [4.69, 9.17) is 11.2 Å². The van der Waals surface area contributed by atoms with E-state index in [0.717, 1.165) is 24.4 Å². The van der Waals surface area contributed by atoms with Crippen LogP contribution >= 0.6 is 0 Å². The molecule has 0 saturated heterocycles. The number of ether oxygens (including phenoxy) is 1. The van der Waals surface area contributed by atoms with E-state index in [0.29, 0.717) is 19.2 Å². The molecule has 6 heteroatoms. The first kappa shape index (κ1) is 22.1. The van der Waals surface area contributed by atoms with Crippen molar-refractivity contribution >= 4 is 0 Å². The minimum absolute atomic E-state index is 0.423. The van der Waals surface area contributed by atoms with Crippen LogP contribution in [0.2, 0.25) is 0 Å². The summed E-state index contributed by atoms with van der Waals surface area (Å²) in [6, 6.07) is 18.9. The number of nitrogens with zero attached hydrogens (tertiary/aromatic N) is 4. The number of nitrogens with one attached hydrogen (secondary N) is 1. The molecule has 0 fully saturated rings. The van der Waals surface area contributed by atoms with Crippen LogP contribution < -0.4 is 4.74 Å². The van der Waals surface area contributed by atoms with Crippen molar-refractivity contribution in [1.82, 2.24) is 25.5 Å². The lowest BCUT2D eigenvalue weighted by molar-refractivity contribution is 0.286. The number of rotatable bonds is 8. The van der Waals surface area contributed by atoms with Crippen LogP contribution in [-0.2, 0) is 19.4 Å². The van der Waals surface area contributed by atoms with Gasteiger partial charge >= 0.3 is 0 Å². The molecule has 152 valence electrons. The van der Waals surface area contributed by atoms with Crippen LogP contribution in [0.15, 0.2) is 54.6 Å². The van der Waals surface area contributed by atoms with Gasteiger partial charge in [0.05, 0.1) is 6.54 Å². The Hall–Kier alpha value is -3.17. The lowest BCUT2D eigenvalue weighted by Crippen LogP contribution is -2.31. The molecule has 0 bridgehead atoms. The molecule has 1 N–H and O–H groups in total. The molecule has 2 aromatic carbocycles. The molecule has 0 radical (unpaired) electrons. The molecular formula is C23H29N5O. The summed E-state index contributed by atoms with van der Waals surface area (Å²) in [5.41, 5.74) is 2.47. The molecule has 1 aromatic heterocycles. The Balaban J connectivity index is 0.000000360. The van der Waals surface area contributed by atoms with Crippen molar-refractivity contribution in [2.45, 2.75) is 39.3 Å². The predicted molar refractivity (Wildman–Crippen MR) is 115 cm³/mol. The number of terminal acetylenes is 1. The van der Waals surface area contributed by atoms with E-state index >= 15 is 0 Å². The summed E-state index contributed by atoms with van der Waals surface area (Å²) in [6.07, 6.45) is 7.18. The van der Waals surface area contributed by atoms with E-state index in [-0.39, 0.29) is 0 Å². The van der Waals surface area contributed by atoms with Crippen molar-refractivity contribution in [3.63, 3.8) is 0 Å². The van der Waals surface area contributed by atoms with Gasteiger partial charge in [-0.1, -0.05) is 60.5 Å². The van der Waals surface area contributed by atoms with E-state index in [1.165, 1.54) is 11.1 Å². The molecule has 0 aliphatic carbocycles. The number of likely N-dealkylation sites (N-methyl/N-ethyl adjacent to an activating group) is 1. The lowest BCUT2D eigenvalue weighted by atomic mass is 10.1. The molecule has 0 spiro atoms. The number of benzene rings is 2. The second-order valence-corrected chi connectivity index (χ2v) is 6.77. The summed E-state index contributed by atoms with van der Waals surface area (Å²) in [7, 11) is 2.06. The maximum Gasteiger partial charge on any atom is 0.174 e. The topological polar surface area (TPSA) is 66.9 Å². The number of H-pyrrole nitrogens is 1. The van der Waals surface area contributed by atoms with Crippen LogP contribution in [0, 0.1) is 12.3 Å². The van der Waals surface area contributed by atoms with Gasteiger partial charge < -0.3 is 4.74 Å². The first-order valence-electron chi connectivity index (χ1n) is 9.74. The first-order chi connectivity index (χ1) is 14.1. The molecule has 1 heterocycles. The van der Waals surface area contributed by atoms with Crippen LogP contribution in [0.5, 0.6) is 5.75 Å². The minimum atomic E-state index is 0.423. The Labute approximate surface area is 173 Å². The Morgan fingerprint density at radius 3 is 2.38 bits per heavy atom. The standard InChI is InChI=1S/C20H23NO.C3H6N4/c1-4-14-21(3)17(2)15-18-10-12-20(13-11-18)22-16-19-8-6-5-7-9-19;1-2-3-4-6-7-5-3/h1,5-13,17H,14-16H2,2-3H3;2H2,1H3,(H,4,5,6,7). The maximum absolute atomic E-state index is 5.80. The summed E-state index contributed by atoms with van der Waals surface area (Å²) in [5.74, 6) is 4.35. The van der Waals surface area contributed by atoms with Crippen LogP contribution in [0.25, 0.3) is 0 Å². The van der Waals surface area contributed by atoms with Gasteiger partial charge in [0.1, 0.15) is 12.4 Å². The van der Waals surface area contributed by atoms with Crippen molar-refractivity contribution in [2.24, 2.45) is 0 Å². The lowest BCUT2D eigenvalue weighted by Gasteiger charge is -2.22. The van der Waals surface area contributed by atoms with E-state index in [1.807, 2.05) is 37.3 Å². The van der Waals surface area contributed by atoms with Gasteiger partial charge in [0.15, 0.2) is 5.82 Å². The summed E-state index contributed by atoms with van der Waals surface area (Å²) in [6.45, 7) is 5.45. The zero-order valence-corrected chi connectivity index (χ0v) is 17.4. The number of tetrazole rings is 1. The largest absolute Gasteiger partial charge is 0.489 e. The Morgan fingerprint density at radius 1 is 1.10 bits per heavy atom. The Bertz CT molecular complexity index is 841. The molecule has 29 heavy (non-hydrogen) atoms. The number of hydrogen-bond donors (Lipinski definition) is 1. The van der Waals surface area contributed by atoms with Gasteiger partial charge in [0.2, 0.25) is 0 Å². The SMILES string of the molecule is C#CCN(C)C(C)Cc1ccc(OCc2ccccc2)cc1.CCc1nn[nH]n1. The maximum atomic E-state index is 5.80. The smallest absolute Gasteiger partial charge is 0.174 e. The fraction of sp³-hybridized carbons (Fsp3) is 0.348. The molecule has 3 rings (SSSR count). The summed E-state index contributed by atoms with van der Waals surface area (Å²) in [4.78, 5) is 2.18. The molecule has 6 nitrogen and oxygen atoms in total. The van der Waals surface area contributed by atoms with Crippen molar-refractivity contribution < 1.29 is 4.74 Å². The fourth-order valence-corrected chi connectivity index (χ4v) is 2.59. The number of aromatic nitrogens is 4. The van der Waals surface area contributed by atoms with Crippen molar-refractivity contribution in [2.75, 3.05) is 13.6 Å². The van der Waals surface area contributed by atoms with Crippen molar-refractivity contribution in [3.8, 4) is 18.1 Å². The van der Waals surface area contributed by atoms with Crippen LogP contribution in [0.3, 0.4) is 0 Å². The molecule has 1 unspecified atom stereocenters. The zero-order valence-electron chi connectivity index (χ0n) is 17.4. The minimum Gasteiger partial charge on any atom is -0.489 e. The third kappa shape index (κ3) is 8.16. The number of aryl methyl sites for hydroxylation is 1. The quantitative estimate of drug-likeness (QED) is 0.595. The monoisotopic (exact) mass is 391 g/mol. The highest BCUT2D eigenvalue weighted by atomic mass is 16.5.